The molecule has 0 amide bonds. The molecule has 0 saturated heterocycles. The topological polar surface area (TPSA) is 35.0 Å². The van der Waals surface area contributed by atoms with E-state index in [1.807, 2.05) is 24.3 Å². The highest BCUT2D eigenvalue weighted by molar-refractivity contribution is 9.10. The van der Waals surface area contributed by atoms with Crippen LogP contribution in [0.3, 0.4) is 0 Å². The molecule has 5 heteroatoms. The fourth-order valence-electron chi connectivity index (χ4n) is 1.72. The molecular weight excluding hydrogens is 311 g/mol. The average Bonchev–Trinajstić information content (AvgIpc) is 2.42. The van der Waals surface area contributed by atoms with E-state index in [0.29, 0.717) is 16.1 Å². The molecule has 0 aliphatic rings. The number of halogens is 2. The number of hydrogen-bond donors (Lipinski definition) is 0. The Morgan fingerprint density at radius 3 is 2.74 bits per heavy atom. The highest BCUT2D eigenvalue weighted by Gasteiger charge is 2.08. The average molecular weight is 319 g/mol. The Balaban J connectivity index is 2.06. The minimum atomic E-state index is -0.327. The minimum absolute atomic E-state index is 0.327. The Bertz CT molecular complexity index is 743. The van der Waals surface area contributed by atoms with E-state index >= 15 is 0 Å². The first-order valence-corrected chi connectivity index (χ1v) is 6.36. The number of benzene rings is 2. The highest BCUT2D eigenvalue weighted by Crippen LogP contribution is 2.32. The standard InChI is InChI=1S/C14H8BrFN2O/c15-11-7-9(16)5-6-13(11)19-14-10-3-1-2-4-12(10)17-8-18-14/h1-8H. The van der Waals surface area contributed by atoms with Crippen molar-refractivity contribution in [1.29, 1.82) is 0 Å². The molecule has 1 aromatic heterocycles. The quantitative estimate of drug-likeness (QED) is 0.705. The van der Waals surface area contributed by atoms with Gasteiger partial charge in [0.25, 0.3) is 0 Å². The predicted molar refractivity (Wildman–Crippen MR) is 73.7 cm³/mol. The van der Waals surface area contributed by atoms with E-state index in [1.54, 1.807) is 6.07 Å². The fourth-order valence-corrected chi connectivity index (χ4v) is 2.16. The van der Waals surface area contributed by atoms with Crippen LogP contribution >= 0.6 is 15.9 Å². The van der Waals surface area contributed by atoms with E-state index in [0.717, 1.165) is 10.9 Å². The van der Waals surface area contributed by atoms with E-state index in [4.69, 9.17) is 4.74 Å². The summed E-state index contributed by atoms with van der Waals surface area (Å²) in [7, 11) is 0. The summed E-state index contributed by atoms with van der Waals surface area (Å²) in [6, 6.07) is 11.8. The van der Waals surface area contributed by atoms with Gasteiger partial charge in [0.1, 0.15) is 17.9 Å². The van der Waals surface area contributed by atoms with Crippen molar-refractivity contribution in [3.8, 4) is 11.6 Å². The molecule has 0 N–H and O–H groups in total. The molecule has 0 atom stereocenters. The molecule has 0 aliphatic heterocycles. The zero-order valence-electron chi connectivity index (χ0n) is 9.68. The van der Waals surface area contributed by atoms with E-state index in [1.165, 1.54) is 18.5 Å². The van der Waals surface area contributed by atoms with Gasteiger partial charge in [-0.2, -0.15) is 0 Å². The summed E-state index contributed by atoms with van der Waals surface area (Å²) in [6.07, 6.45) is 1.44. The number of rotatable bonds is 2. The summed E-state index contributed by atoms with van der Waals surface area (Å²) in [5.74, 6) is 0.620. The van der Waals surface area contributed by atoms with Gasteiger partial charge in [0.05, 0.1) is 15.4 Å². The molecule has 3 rings (SSSR count). The third-order valence-electron chi connectivity index (χ3n) is 2.61. The Morgan fingerprint density at radius 2 is 1.89 bits per heavy atom. The number of fused-ring (bicyclic) bond motifs is 1. The molecule has 3 nitrogen and oxygen atoms in total. The van der Waals surface area contributed by atoms with Crippen LogP contribution in [0.1, 0.15) is 0 Å². The summed E-state index contributed by atoms with van der Waals surface area (Å²) < 4.78 is 19.3. The Kier molecular flexibility index (Phi) is 3.13. The minimum Gasteiger partial charge on any atom is -0.437 e. The third kappa shape index (κ3) is 2.42. The van der Waals surface area contributed by atoms with Gasteiger partial charge in [-0.05, 0) is 46.3 Å². The molecule has 0 spiro atoms. The lowest BCUT2D eigenvalue weighted by Crippen LogP contribution is -1.92. The Hall–Kier alpha value is -2.01. The first kappa shape index (κ1) is 12.0. The molecule has 0 unspecified atom stereocenters. The number of nitrogens with zero attached hydrogens (tertiary/aromatic N) is 2. The zero-order chi connectivity index (χ0) is 13.2. The van der Waals surface area contributed by atoms with Gasteiger partial charge in [0.15, 0.2) is 0 Å². The molecule has 94 valence electrons. The van der Waals surface area contributed by atoms with Gasteiger partial charge >= 0.3 is 0 Å². The summed E-state index contributed by atoms with van der Waals surface area (Å²) in [4.78, 5) is 8.27. The van der Waals surface area contributed by atoms with Gasteiger partial charge in [-0.25, -0.2) is 14.4 Å². The van der Waals surface area contributed by atoms with Crippen molar-refractivity contribution in [2.45, 2.75) is 0 Å². The molecule has 0 fully saturated rings. The SMILES string of the molecule is Fc1ccc(Oc2ncnc3ccccc23)c(Br)c1. The normalized spacial score (nSPS) is 10.6. The maximum atomic E-state index is 13.0. The number of ether oxygens (including phenoxy) is 1. The lowest BCUT2D eigenvalue weighted by Gasteiger charge is -2.08. The molecule has 0 bridgehead atoms. The fraction of sp³-hybridized carbons (Fsp3) is 0. The van der Waals surface area contributed by atoms with Crippen LogP contribution in [0.2, 0.25) is 0 Å². The number of aromatic nitrogens is 2. The summed E-state index contributed by atoms with van der Waals surface area (Å²) in [5.41, 5.74) is 0.797. The van der Waals surface area contributed by atoms with Crippen LogP contribution in [-0.2, 0) is 0 Å². The van der Waals surface area contributed by atoms with Crippen molar-refractivity contribution in [2.75, 3.05) is 0 Å². The van der Waals surface area contributed by atoms with Crippen molar-refractivity contribution in [2.24, 2.45) is 0 Å². The van der Waals surface area contributed by atoms with E-state index in [2.05, 4.69) is 25.9 Å². The second-order valence-corrected chi connectivity index (χ2v) is 4.73. The van der Waals surface area contributed by atoms with Crippen LogP contribution in [0.5, 0.6) is 11.6 Å². The van der Waals surface area contributed by atoms with Crippen LogP contribution < -0.4 is 4.74 Å². The zero-order valence-corrected chi connectivity index (χ0v) is 11.3. The van der Waals surface area contributed by atoms with Gasteiger partial charge in [-0.1, -0.05) is 12.1 Å². The maximum absolute atomic E-state index is 13.0. The van der Waals surface area contributed by atoms with Gasteiger partial charge < -0.3 is 4.74 Å². The van der Waals surface area contributed by atoms with Crippen molar-refractivity contribution in [3.05, 3.63) is 59.1 Å². The first-order chi connectivity index (χ1) is 9.24. The summed E-state index contributed by atoms with van der Waals surface area (Å²) >= 11 is 3.26. The van der Waals surface area contributed by atoms with Crippen LogP contribution in [0.25, 0.3) is 10.9 Å². The van der Waals surface area contributed by atoms with E-state index in [9.17, 15) is 4.39 Å². The van der Waals surface area contributed by atoms with Crippen LogP contribution in [0, 0.1) is 5.82 Å². The van der Waals surface area contributed by atoms with Gasteiger partial charge in [0, 0.05) is 0 Å². The predicted octanol–water partition coefficient (Wildman–Crippen LogP) is 4.32. The van der Waals surface area contributed by atoms with Crippen molar-refractivity contribution < 1.29 is 9.13 Å². The van der Waals surface area contributed by atoms with Gasteiger partial charge in [0.2, 0.25) is 5.88 Å². The monoisotopic (exact) mass is 318 g/mol. The smallest absolute Gasteiger partial charge is 0.230 e. The van der Waals surface area contributed by atoms with Crippen molar-refractivity contribution in [1.82, 2.24) is 9.97 Å². The van der Waals surface area contributed by atoms with Crippen LogP contribution in [0.15, 0.2) is 53.3 Å². The molecule has 3 aromatic rings. The van der Waals surface area contributed by atoms with E-state index in [-0.39, 0.29) is 5.82 Å². The van der Waals surface area contributed by atoms with Crippen molar-refractivity contribution >= 4 is 26.8 Å². The molecular formula is C14H8BrFN2O. The largest absolute Gasteiger partial charge is 0.437 e. The second-order valence-electron chi connectivity index (χ2n) is 3.87. The van der Waals surface area contributed by atoms with Crippen LogP contribution in [0.4, 0.5) is 4.39 Å². The molecule has 0 radical (unpaired) electrons. The summed E-state index contributed by atoms with van der Waals surface area (Å²) in [6.45, 7) is 0. The first-order valence-electron chi connectivity index (χ1n) is 5.57. The molecule has 0 aliphatic carbocycles. The highest BCUT2D eigenvalue weighted by atomic mass is 79.9. The molecule has 0 saturated carbocycles. The maximum Gasteiger partial charge on any atom is 0.230 e. The Morgan fingerprint density at radius 1 is 1.05 bits per heavy atom. The molecule has 2 aromatic carbocycles. The van der Waals surface area contributed by atoms with Gasteiger partial charge in [-0.15, -0.1) is 0 Å². The second kappa shape index (κ2) is 4.93. The number of hydrogen-bond acceptors (Lipinski definition) is 3. The molecule has 1 heterocycles. The third-order valence-corrected chi connectivity index (χ3v) is 3.23. The molecule has 19 heavy (non-hydrogen) atoms. The van der Waals surface area contributed by atoms with Gasteiger partial charge in [-0.3, -0.25) is 0 Å². The Labute approximate surface area is 117 Å². The summed E-state index contributed by atoms with van der Waals surface area (Å²) in [5, 5.41) is 0.807. The lowest BCUT2D eigenvalue weighted by molar-refractivity contribution is 0.463. The van der Waals surface area contributed by atoms with Crippen molar-refractivity contribution in [3.63, 3.8) is 0 Å². The van der Waals surface area contributed by atoms with Crippen LogP contribution in [-0.4, -0.2) is 9.97 Å². The van der Waals surface area contributed by atoms with E-state index < -0.39 is 0 Å². The number of para-hydroxylation sites is 1. The lowest BCUT2D eigenvalue weighted by atomic mass is 10.2.